The van der Waals surface area contributed by atoms with Crippen LogP contribution in [0.4, 0.5) is 18.9 Å². The van der Waals surface area contributed by atoms with E-state index in [4.69, 9.17) is 21.1 Å². The largest absolute Gasteiger partial charge is 0.493 e. The van der Waals surface area contributed by atoms with Crippen molar-refractivity contribution in [1.82, 2.24) is 4.90 Å². The van der Waals surface area contributed by atoms with Crippen LogP contribution < -0.4 is 4.90 Å². The van der Waals surface area contributed by atoms with Gasteiger partial charge in [0.15, 0.2) is 0 Å². The summed E-state index contributed by atoms with van der Waals surface area (Å²) in [5.41, 5.74) is -1.54. The van der Waals surface area contributed by atoms with Crippen LogP contribution in [0, 0.1) is 0 Å². The Balaban J connectivity index is 2.12. The van der Waals surface area contributed by atoms with Gasteiger partial charge in [-0.05, 0) is 58.6 Å². The molecule has 0 N–H and O–H groups in total. The summed E-state index contributed by atoms with van der Waals surface area (Å²) in [6, 6.07) is 3.46. The van der Waals surface area contributed by atoms with E-state index in [0.717, 1.165) is 12.1 Å². The van der Waals surface area contributed by atoms with Gasteiger partial charge in [0, 0.05) is 18.7 Å². The number of carbonyl (C=O) groups is 1. The van der Waals surface area contributed by atoms with Crippen LogP contribution >= 0.6 is 11.6 Å². The highest BCUT2D eigenvalue weighted by molar-refractivity contribution is 6.31. The van der Waals surface area contributed by atoms with Crippen LogP contribution in [0.2, 0.25) is 5.02 Å². The molecule has 0 radical (unpaired) electrons. The molecule has 2 aliphatic rings. The van der Waals surface area contributed by atoms with E-state index in [1.165, 1.54) is 11.0 Å². The molecular weight excluding hydrogens is 433 g/mol. The molecule has 1 aromatic rings. The van der Waals surface area contributed by atoms with E-state index < -0.39 is 34.5 Å². The van der Waals surface area contributed by atoms with Crippen LogP contribution in [0.1, 0.15) is 32.3 Å². The van der Waals surface area contributed by atoms with Gasteiger partial charge in [0.2, 0.25) is 0 Å². The van der Waals surface area contributed by atoms with Gasteiger partial charge in [-0.15, -0.1) is 0 Å². The quantitative estimate of drug-likeness (QED) is 0.601. The van der Waals surface area contributed by atoms with E-state index >= 15 is 0 Å². The first-order valence-corrected chi connectivity index (χ1v) is 10.4. The van der Waals surface area contributed by atoms with Crippen molar-refractivity contribution in [3.8, 4) is 0 Å². The molecule has 1 aliphatic heterocycles. The van der Waals surface area contributed by atoms with Crippen molar-refractivity contribution in [2.75, 3.05) is 32.1 Å². The molecule has 5 nitrogen and oxygen atoms in total. The normalized spacial score (nSPS) is 24.1. The highest BCUT2D eigenvalue weighted by Gasteiger charge is 2.49. The summed E-state index contributed by atoms with van der Waals surface area (Å²) in [6.45, 7) is 4.53. The molecule has 0 aromatic heterocycles. The SMILES string of the molecule is CCOC1=C2C(=O)N(c3ccc(Cl)c(C(F)(F)F)c3)C(CCN(C)C)OC2(C)CC=C1. The van der Waals surface area contributed by atoms with E-state index in [2.05, 4.69) is 0 Å². The topological polar surface area (TPSA) is 42.0 Å². The second-order valence-corrected chi connectivity index (χ2v) is 8.42. The molecule has 0 spiro atoms. The molecule has 31 heavy (non-hydrogen) atoms. The number of allylic oxidation sites excluding steroid dienone is 1. The van der Waals surface area contributed by atoms with Gasteiger partial charge < -0.3 is 14.4 Å². The highest BCUT2D eigenvalue weighted by atomic mass is 35.5. The van der Waals surface area contributed by atoms with Gasteiger partial charge in [0.05, 0.1) is 22.8 Å². The lowest BCUT2D eigenvalue weighted by molar-refractivity contribution is -0.139. The first kappa shape index (κ1) is 23.6. The van der Waals surface area contributed by atoms with Crippen LogP contribution in [-0.4, -0.2) is 49.9 Å². The Morgan fingerprint density at radius 1 is 1.35 bits per heavy atom. The zero-order chi connectivity index (χ0) is 23.0. The number of rotatable bonds is 6. The average molecular weight is 459 g/mol. The smallest absolute Gasteiger partial charge is 0.417 e. The van der Waals surface area contributed by atoms with Gasteiger partial charge in [0.1, 0.15) is 17.6 Å². The summed E-state index contributed by atoms with van der Waals surface area (Å²) in [4.78, 5) is 16.9. The number of benzene rings is 1. The third kappa shape index (κ3) is 4.76. The second kappa shape index (κ2) is 8.84. The van der Waals surface area contributed by atoms with Gasteiger partial charge in [-0.3, -0.25) is 9.69 Å². The van der Waals surface area contributed by atoms with Crippen molar-refractivity contribution in [2.24, 2.45) is 0 Å². The molecule has 1 fully saturated rings. The molecule has 1 amide bonds. The number of carbonyl (C=O) groups excluding carboxylic acids is 1. The number of hydrogen-bond acceptors (Lipinski definition) is 4. The highest BCUT2D eigenvalue weighted by Crippen LogP contribution is 2.44. The lowest BCUT2D eigenvalue weighted by Gasteiger charge is -2.47. The molecule has 3 rings (SSSR count). The van der Waals surface area contributed by atoms with Gasteiger partial charge in [-0.25, -0.2) is 0 Å². The Kier molecular flexibility index (Phi) is 6.74. The van der Waals surface area contributed by atoms with E-state index in [1.54, 1.807) is 13.0 Å². The maximum Gasteiger partial charge on any atom is 0.417 e. The summed E-state index contributed by atoms with van der Waals surface area (Å²) in [5, 5.41) is -0.425. The molecule has 1 aromatic carbocycles. The second-order valence-electron chi connectivity index (χ2n) is 8.01. The molecular formula is C22H26ClF3N2O3. The molecule has 2 unspecified atom stereocenters. The average Bonchev–Trinajstić information content (AvgIpc) is 2.66. The molecule has 9 heteroatoms. The van der Waals surface area contributed by atoms with E-state index in [1.807, 2.05) is 32.0 Å². The first-order valence-electron chi connectivity index (χ1n) is 10.0. The Bertz CT molecular complexity index is 914. The zero-order valence-electron chi connectivity index (χ0n) is 17.9. The van der Waals surface area contributed by atoms with Crippen LogP contribution in [0.25, 0.3) is 0 Å². The zero-order valence-corrected chi connectivity index (χ0v) is 18.7. The number of nitrogens with zero attached hydrogens (tertiary/aromatic N) is 2. The maximum atomic E-state index is 13.7. The van der Waals surface area contributed by atoms with Crippen molar-refractivity contribution < 1.29 is 27.4 Å². The van der Waals surface area contributed by atoms with Gasteiger partial charge in [-0.1, -0.05) is 17.7 Å². The number of hydrogen-bond donors (Lipinski definition) is 0. The Morgan fingerprint density at radius 2 is 2.06 bits per heavy atom. The Hall–Kier alpha value is -2.03. The fourth-order valence-electron chi connectivity index (χ4n) is 3.88. The summed E-state index contributed by atoms with van der Waals surface area (Å²) in [6.07, 6.45) is -0.928. The van der Waals surface area contributed by atoms with Gasteiger partial charge >= 0.3 is 6.18 Å². The fraction of sp³-hybridized carbons (Fsp3) is 0.500. The third-order valence-electron chi connectivity index (χ3n) is 5.33. The minimum Gasteiger partial charge on any atom is -0.493 e. The van der Waals surface area contributed by atoms with Crippen molar-refractivity contribution in [3.05, 3.63) is 52.3 Å². The fourth-order valence-corrected chi connectivity index (χ4v) is 4.10. The van der Waals surface area contributed by atoms with Gasteiger partial charge in [0.25, 0.3) is 5.91 Å². The molecule has 0 saturated carbocycles. The van der Waals surface area contributed by atoms with Crippen molar-refractivity contribution in [1.29, 1.82) is 0 Å². The summed E-state index contributed by atoms with van der Waals surface area (Å²) in [7, 11) is 3.76. The van der Waals surface area contributed by atoms with Crippen molar-refractivity contribution >= 4 is 23.2 Å². The predicted molar refractivity (Wildman–Crippen MR) is 113 cm³/mol. The lowest BCUT2D eigenvalue weighted by Crippen LogP contribution is -2.58. The molecule has 170 valence electrons. The summed E-state index contributed by atoms with van der Waals surface area (Å²) >= 11 is 5.79. The maximum absolute atomic E-state index is 13.7. The molecule has 0 bridgehead atoms. The first-order chi connectivity index (χ1) is 14.5. The molecule has 1 heterocycles. The molecule has 1 aliphatic carbocycles. The van der Waals surface area contributed by atoms with Crippen LogP contribution in [-0.2, 0) is 20.4 Å². The predicted octanol–water partition coefficient (Wildman–Crippen LogP) is 5.01. The number of alkyl halides is 3. The van der Waals surface area contributed by atoms with Crippen LogP contribution in [0.3, 0.4) is 0 Å². The van der Waals surface area contributed by atoms with E-state index in [9.17, 15) is 18.0 Å². The molecule has 2 atom stereocenters. The van der Waals surface area contributed by atoms with E-state index in [-0.39, 0.29) is 5.69 Å². The number of halogens is 4. The number of ether oxygens (including phenoxy) is 2. The lowest BCUT2D eigenvalue weighted by atomic mass is 9.84. The van der Waals surface area contributed by atoms with Crippen LogP contribution in [0.5, 0.6) is 0 Å². The standard InChI is InChI=1S/C22H26ClF3N2O3/c1-5-30-17-7-6-11-21(2)19(17)20(29)28(18(31-21)10-12-27(3)4)14-8-9-16(23)15(13-14)22(24,25)26/h6-9,13,18H,5,10-12H2,1-4H3. The Morgan fingerprint density at radius 3 is 2.68 bits per heavy atom. The Labute approximate surface area is 185 Å². The molecule has 1 saturated heterocycles. The number of anilines is 1. The number of fused-ring (bicyclic) bond motifs is 1. The summed E-state index contributed by atoms with van der Waals surface area (Å²) < 4.78 is 52.4. The van der Waals surface area contributed by atoms with Gasteiger partial charge in [-0.2, -0.15) is 13.2 Å². The minimum absolute atomic E-state index is 0.0745. The van der Waals surface area contributed by atoms with E-state index in [0.29, 0.717) is 37.3 Å². The summed E-state index contributed by atoms with van der Waals surface area (Å²) in [5.74, 6) is -0.0527. The van der Waals surface area contributed by atoms with Crippen molar-refractivity contribution in [2.45, 2.75) is 44.7 Å². The monoisotopic (exact) mass is 458 g/mol. The number of amides is 1. The minimum atomic E-state index is -4.65. The van der Waals surface area contributed by atoms with Crippen molar-refractivity contribution in [3.63, 3.8) is 0 Å². The van der Waals surface area contributed by atoms with Crippen LogP contribution in [0.15, 0.2) is 41.7 Å². The third-order valence-corrected chi connectivity index (χ3v) is 5.65.